The average Bonchev–Trinajstić information content (AvgIpc) is 2.57. The Morgan fingerprint density at radius 2 is 1.59 bits per heavy atom. The molecular formula is C16H33O4PSi. The van der Waals surface area contributed by atoms with Crippen molar-refractivity contribution in [2.45, 2.75) is 82.8 Å². The third-order valence-corrected chi connectivity index (χ3v) is 10.6. The molecule has 3 atom stereocenters. The number of hydrogen-bond acceptors (Lipinski definition) is 4. The van der Waals surface area contributed by atoms with Crippen LogP contribution in [0.1, 0.15) is 54.4 Å². The van der Waals surface area contributed by atoms with Crippen LogP contribution in [0.3, 0.4) is 0 Å². The Kier molecular flexibility index (Phi) is 4.83. The highest BCUT2D eigenvalue weighted by Gasteiger charge is 2.64. The fraction of sp³-hybridized carbons (Fsp3) is 1.00. The molecule has 2 bridgehead atoms. The van der Waals surface area contributed by atoms with Crippen molar-refractivity contribution >= 4 is 15.7 Å². The lowest BCUT2D eigenvalue weighted by Gasteiger charge is -2.53. The Morgan fingerprint density at radius 3 is 2.05 bits per heavy atom. The minimum Gasteiger partial charge on any atom is -0.390 e. The fourth-order valence-corrected chi connectivity index (χ4v) is 9.50. The summed E-state index contributed by atoms with van der Waals surface area (Å²) >= 11 is 0. The third-order valence-electron chi connectivity index (χ3n) is 4.63. The molecule has 2 aliphatic rings. The highest BCUT2D eigenvalue weighted by molar-refractivity contribution is 7.62. The average molecular weight is 348 g/mol. The van der Waals surface area contributed by atoms with Crippen molar-refractivity contribution in [3.63, 3.8) is 0 Å². The maximum atomic E-state index is 11.9. The van der Waals surface area contributed by atoms with E-state index in [2.05, 4.69) is 41.5 Å². The van der Waals surface area contributed by atoms with Crippen molar-refractivity contribution in [3.05, 3.63) is 0 Å². The molecule has 4 nitrogen and oxygen atoms in total. The van der Waals surface area contributed by atoms with E-state index in [0.29, 0.717) is 6.35 Å². The Hall–Kier alpha value is 0.327. The predicted molar refractivity (Wildman–Crippen MR) is 93.4 cm³/mol. The van der Waals surface area contributed by atoms with Gasteiger partial charge in [0.2, 0.25) is 0 Å². The van der Waals surface area contributed by atoms with Crippen molar-refractivity contribution in [1.82, 2.24) is 0 Å². The topological polar surface area (TPSA) is 44.8 Å². The van der Waals surface area contributed by atoms with Gasteiger partial charge in [0.25, 0.3) is 0 Å². The molecule has 1 heterocycles. The first-order valence-electron chi connectivity index (χ1n) is 8.26. The zero-order valence-electron chi connectivity index (χ0n) is 15.4. The molecule has 0 unspecified atom stereocenters. The Labute approximate surface area is 136 Å². The van der Waals surface area contributed by atoms with Crippen LogP contribution in [0.2, 0.25) is 10.1 Å². The second-order valence-corrected chi connectivity index (χ2v) is 17.5. The molecule has 22 heavy (non-hydrogen) atoms. The zero-order chi connectivity index (χ0) is 17.0. The lowest BCUT2D eigenvalue weighted by Crippen LogP contribution is -2.62. The Morgan fingerprint density at radius 1 is 1.05 bits per heavy atom. The highest BCUT2D eigenvalue weighted by atomic mass is 31.2. The van der Waals surface area contributed by atoms with E-state index in [4.69, 9.17) is 13.6 Å². The molecule has 0 N–H and O–H groups in total. The van der Waals surface area contributed by atoms with E-state index < -0.39 is 15.7 Å². The van der Waals surface area contributed by atoms with Crippen molar-refractivity contribution in [3.8, 4) is 0 Å². The molecule has 0 aromatic rings. The number of hydrogen-bond donors (Lipinski definition) is 0. The summed E-state index contributed by atoms with van der Waals surface area (Å²) in [5, 5.41) is 0.00370. The summed E-state index contributed by atoms with van der Waals surface area (Å²) in [4.78, 5) is 0. The van der Waals surface area contributed by atoms with Gasteiger partial charge in [-0.15, -0.1) is 0 Å². The normalized spacial score (nSPS) is 32.3. The van der Waals surface area contributed by atoms with E-state index in [1.165, 1.54) is 0 Å². The maximum Gasteiger partial charge on any atom is 0.349 e. The highest BCUT2D eigenvalue weighted by Crippen LogP contribution is 2.57. The van der Waals surface area contributed by atoms with Crippen molar-refractivity contribution in [2.75, 3.05) is 19.7 Å². The van der Waals surface area contributed by atoms with Gasteiger partial charge in [-0.1, -0.05) is 41.5 Å². The van der Waals surface area contributed by atoms with Gasteiger partial charge in [-0.2, -0.15) is 0 Å². The first kappa shape index (κ1) is 18.7. The second-order valence-electron chi connectivity index (χ2n) is 9.39. The molecule has 1 aliphatic heterocycles. The van der Waals surface area contributed by atoms with Gasteiger partial charge in [-0.3, -0.25) is 0 Å². The van der Waals surface area contributed by atoms with Gasteiger partial charge in [-0.25, -0.2) is 0 Å². The van der Waals surface area contributed by atoms with Gasteiger partial charge in [0.1, 0.15) is 7.14 Å². The maximum absolute atomic E-state index is 11.9. The summed E-state index contributed by atoms with van der Waals surface area (Å²) in [6.07, 6.45) is 2.45. The van der Waals surface area contributed by atoms with Gasteiger partial charge in [-0.05, 0) is 13.3 Å². The molecule has 1 saturated heterocycles. The van der Waals surface area contributed by atoms with Crippen molar-refractivity contribution in [1.29, 1.82) is 0 Å². The first-order chi connectivity index (χ1) is 9.75. The molecule has 130 valence electrons. The van der Waals surface area contributed by atoms with Crippen LogP contribution in [-0.4, -0.2) is 46.6 Å². The minimum absolute atomic E-state index is 0.00185. The van der Waals surface area contributed by atoms with Crippen LogP contribution in [0, 0.1) is 0 Å². The summed E-state index contributed by atoms with van der Waals surface area (Å²) in [7, 11) is -4.57. The molecule has 6 heteroatoms. The summed E-state index contributed by atoms with van der Waals surface area (Å²) in [6, 6.07) is 0. The molecule has 2 fully saturated rings. The Bertz CT molecular complexity index is 446. The lowest BCUT2D eigenvalue weighted by atomic mass is 10.2. The molecule has 0 aromatic heterocycles. The number of fused-ring (bicyclic) bond motifs is 2. The van der Waals surface area contributed by atoms with E-state index in [-0.39, 0.29) is 28.4 Å². The van der Waals surface area contributed by atoms with Gasteiger partial charge >= 0.3 is 8.56 Å². The molecule has 0 aromatic carbocycles. The van der Waals surface area contributed by atoms with Crippen LogP contribution in [0.4, 0.5) is 0 Å². The van der Waals surface area contributed by atoms with E-state index in [0.717, 1.165) is 12.8 Å². The quantitative estimate of drug-likeness (QED) is 0.553. The molecular weight excluding hydrogens is 315 g/mol. The number of ether oxygens (including phenoxy) is 1. The second kappa shape index (κ2) is 5.70. The van der Waals surface area contributed by atoms with Gasteiger partial charge in [0.05, 0.1) is 24.7 Å². The van der Waals surface area contributed by atoms with E-state index in [1.54, 1.807) is 13.3 Å². The van der Waals surface area contributed by atoms with Crippen LogP contribution in [0.25, 0.3) is 0 Å². The van der Waals surface area contributed by atoms with Crippen LogP contribution < -0.4 is 0 Å². The van der Waals surface area contributed by atoms with E-state index in [9.17, 15) is 4.57 Å². The largest absolute Gasteiger partial charge is 0.390 e. The zero-order valence-corrected chi connectivity index (χ0v) is 17.3. The minimum atomic E-state index is -2.42. The molecule has 1 aliphatic carbocycles. The van der Waals surface area contributed by atoms with E-state index in [1.807, 2.05) is 0 Å². The van der Waals surface area contributed by atoms with Crippen LogP contribution >= 0.6 is 7.14 Å². The summed E-state index contributed by atoms with van der Waals surface area (Å²) in [5.41, 5.74) is 0. The Balaban J connectivity index is 2.20. The fourth-order valence-electron chi connectivity index (χ4n) is 3.90. The molecule has 1 saturated carbocycles. The molecule has 2 rings (SSSR count). The first-order valence-corrected chi connectivity index (χ1v) is 12.9. The smallest absolute Gasteiger partial charge is 0.349 e. The standard InChI is InChI=1S/C16H33O4PSi/c1-15(2,3)22(16(4,5)6)19-12-9-13(14(10-12)20-22)18-11-21(7,8)17/h12-14H,9-11H2,1-8H3/t12-,13-,14+/m0/s1. The summed E-state index contributed by atoms with van der Waals surface area (Å²) in [6.45, 7) is 16.9. The molecule has 0 spiro atoms. The molecule has 0 radical (unpaired) electrons. The summed E-state index contributed by atoms with van der Waals surface area (Å²) in [5.74, 6) is 0. The number of rotatable bonds is 3. The van der Waals surface area contributed by atoms with E-state index >= 15 is 0 Å². The monoisotopic (exact) mass is 348 g/mol. The third kappa shape index (κ3) is 3.54. The van der Waals surface area contributed by atoms with Gasteiger partial charge in [0, 0.05) is 22.9 Å². The molecule has 0 amide bonds. The van der Waals surface area contributed by atoms with Crippen molar-refractivity contribution in [2.24, 2.45) is 0 Å². The van der Waals surface area contributed by atoms with Crippen LogP contribution in [-0.2, 0) is 18.2 Å². The van der Waals surface area contributed by atoms with Crippen LogP contribution in [0.5, 0.6) is 0 Å². The van der Waals surface area contributed by atoms with Crippen LogP contribution in [0.15, 0.2) is 0 Å². The lowest BCUT2D eigenvalue weighted by molar-refractivity contribution is -0.0254. The van der Waals surface area contributed by atoms with Gasteiger partial charge in [0.15, 0.2) is 0 Å². The SMILES string of the molecule is CC(C)(C)[Si]1(C(C)(C)C)O[C@H]2C[C@H](OCP(C)(C)=O)[C@@H](C2)O1. The predicted octanol–water partition coefficient (Wildman–Crippen LogP) is 4.57. The van der Waals surface area contributed by atoms with Gasteiger partial charge < -0.3 is 18.2 Å². The summed E-state index contributed by atoms with van der Waals surface area (Å²) < 4.78 is 31.2. The van der Waals surface area contributed by atoms with Crippen molar-refractivity contribution < 1.29 is 18.2 Å².